The third-order valence-corrected chi connectivity index (χ3v) is 2.70. The first-order valence-corrected chi connectivity index (χ1v) is 6.78. The molecule has 0 fully saturated rings. The summed E-state index contributed by atoms with van der Waals surface area (Å²) in [5.41, 5.74) is -1.24. The smallest absolute Gasteiger partial charge is 0.330 e. The van der Waals surface area contributed by atoms with Crippen LogP contribution in [0.5, 0.6) is 0 Å². The van der Waals surface area contributed by atoms with E-state index in [1.807, 2.05) is 6.92 Å². The molecule has 0 spiro atoms. The lowest BCUT2D eigenvalue weighted by molar-refractivity contribution is -0.161. The summed E-state index contributed by atoms with van der Waals surface area (Å²) in [4.78, 5) is 33.8. The second kappa shape index (κ2) is 10.6. The highest BCUT2D eigenvalue weighted by Crippen LogP contribution is 2.20. The summed E-state index contributed by atoms with van der Waals surface area (Å²) >= 11 is 0. The van der Waals surface area contributed by atoms with Gasteiger partial charge >= 0.3 is 17.9 Å². The fourth-order valence-corrected chi connectivity index (χ4v) is 1.34. The molecule has 1 N–H and O–H groups in total. The van der Waals surface area contributed by atoms with E-state index in [-0.39, 0.29) is 26.2 Å². The molecule has 0 rings (SSSR count). The molecule has 124 valence electrons. The van der Waals surface area contributed by atoms with E-state index in [0.29, 0.717) is 6.42 Å². The van der Waals surface area contributed by atoms with Gasteiger partial charge in [-0.2, -0.15) is 0 Å². The highest BCUT2D eigenvalue weighted by Gasteiger charge is 2.35. The van der Waals surface area contributed by atoms with Gasteiger partial charge in [0.1, 0.15) is 19.8 Å². The third kappa shape index (κ3) is 7.58. The number of aliphatic hydroxyl groups excluding tert-OH is 1. The molecule has 22 heavy (non-hydrogen) atoms. The van der Waals surface area contributed by atoms with E-state index < -0.39 is 29.9 Å². The van der Waals surface area contributed by atoms with Gasteiger partial charge in [-0.1, -0.05) is 20.1 Å². The van der Waals surface area contributed by atoms with Crippen molar-refractivity contribution in [2.45, 2.75) is 19.8 Å². The first-order valence-electron chi connectivity index (χ1n) is 6.78. The molecule has 0 aromatic carbocycles. The van der Waals surface area contributed by atoms with Crippen molar-refractivity contribution in [3.63, 3.8) is 0 Å². The molecule has 0 saturated carbocycles. The molecule has 0 aliphatic rings. The molecule has 0 aromatic rings. The first kappa shape index (κ1) is 19.9. The van der Waals surface area contributed by atoms with Crippen molar-refractivity contribution in [3.05, 3.63) is 25.3 Å². The second-order valence-electron chi connectivity index (χ2n) is 4.69. The van der Waals surface area contributed by atoms with Gasteiger partial charge in [-0.15, -0.1) is 0 Å². The van der Waals surface area contributed by atoms with Gasteiger partial charge in [0.25, 0.3) is 0 Å². The van der Waals surface area contributed by atoms with Gasteiger partial charge in [0, 0.05) is 18.6 Å². The molecule has 7 nitrogen and oxygen atoms in total. The van der Waals surface area contributed by atoms with Gasteiger partial charge in [0.05, 0.1) is 12.0 Å². The SMILES string of the molecule is C=CC(=O)OCC(CO)(COC(=O)C=C)COC(=O)CCC. The van der Waals surface area contributed by atoms with Crippen molar-refractivity contribution in [3.8, 4) is 0 Å². The van der Waals surface area contributed by atoms with E-state index in [9.17, 15) is 19.5 Å². The zero-order valence-corrected chi connectivity index (χ0v) is 12.7. The minimum atomic E-state index is -1.24. The van der Waals surface area contributed by atoms with Crippen LogP contribution in [0.15, 0.2) is 25.3 Å². The zero-order valence-electron chi connectivity index (χ0n) is 12.7. The Kier molecular flexibility index (Phi) is 9.53. The van der Waals surface area contributed by atoms with Crippen LogP contribution in [0.2, 0.25) is 0 Å². The molecule has 0 amide bonds. The van der Waals surface area contributed by atoms with E-state index in [1.165, 1.54) is 0 Å². The summed E-state index contributed by atoms with van der Waals surface area (Å²) < 4.78 is 14.8. The number of aliphatic hydroxyl groups is 1. The topological polar surface area (TPSA) is 99.1 Å². The average Bonchev–Trinajstić information content (AvgIpc) is 2.54. The predicted octanol–water partition coefficient (Wildman–Crippen LogP) is 0.767. The minimum Gasteiger partial charge on any atom is -0.465 e. The second-order valence-corrected chi connectivity index (χ2v) is 4.69. The summed E-state index contributed by atoms with van der Waals surface area (Å²) in [6.45, 7) is 6.97. The summed E-state index contributed by atoms with van der Waals surface area (Å²) in [5, 5.41) is 9.56. The van der Waals surface area contributed by atoms with Crippen LogP contribution in [0.4, 0.5) is 0 Å². The summed E-state index contributed by atoms with van der Waals surface area (Å²) in [7, 11) is 0. The van der Waals surface area contributed by atoms with E-state index in [0.717, 1.165) is 12.2 Å². The Morgan fingerprint density at radius 1 is 1.00 bits per heavy atom. The van der Waals surface area contributed by atoms with Crippen LogP contribution in [0.1, 0.15) is 19.8 Å². The lowest BCUT2D eigenvalue weighted by Crippen LogP contribution is -2.42. The summed E-state index contributed by atoms with van der Waals surface area (Å²) in [6, 6.07) is 0. The maximum Gasteiger partial charge on any atom is 0.330 e. The summed E-state index contributed by atoms with van der Waals surface area (Å²) in [5.74, 6) is -1.86. The molecule has 0 saturated heterocycles. The summed E-state index contributed by atoms with van der Waals surface area (Å²) in [6.07, 6.45) is 2.75. The number of hydrogen-bond donors (Lipinski definition) is 1. The van der Waals surface area contributed by atoms with Gasteiger partial charge in [0.2, 0.25) is 0 Å². The molecule has 0 aliphatic heterocycles. The molecule has 0 atom stereocenters. The maximum atomic E-state index is 11.4. The molecular weight excluding hydrogens is 292 g/mol. The normalized spacial score (nSPS) is 10.5. The lowest BCUT2D eigenvalue weighted by atomic mass is 9.92. The van der Waals surface area contributed by atoms with Crippen LogP contribution < -0.4 is 0 Å². The lowest BCUT2D eigenvalue weighted by Gasteiger charge is -2.29. The number of rotatable bonds is 11. The van der Waals surface area contributed by atoms with Crippen LogP contribution in [-0.2, 0) is 28.6 Å². The largest absolute Gasteiger partial charge is 0.465 e. The zero-order chi connectivity index (χ0) is 17.0. The Labute approximate surface area is 129 Å². The molecule has 0 unspecified atom stereocenters. The van der Waals surface area contributed by atoms with Crippen molar-refractivity contribution in [1.82, 2.24) is 0 Å². The Morgan fingerprint density at radius 2 is 1.45 bits per heavy atom. The number of esters is 3. The Balaban J connectivity index is 4.84. The van der Waals surface area contributed by atoms with Crippen molar-refractivity contribution in [2.75, 3.05) is 26.4 Å². The van der Waals surface area contributed by atoms with Crippen LogP contribution in [0.3, 0.4) is 0 Å². The first-order chi connectivity index (χ1) is 10.4. The highest BCUT2D eigenvalue weighted by atomic mass is 16.6. The van der Waals surface area contributed by atoms with Gasteiger partial charge < -0.3 is 19.3 Å². The van der Waals surface area contributed by atoms with Crippen molar-refractivity contribution in [1.29, 1.82) is 0 Å². The quantitative estimate of drug-likeness (QED) is 0.341. The van der Waals surface area contributed by atoms with E-state index in [4.69, 9.17) is 14.2 Å². The van der Waals surface area contributed by atoms with Crippen molar-refractivity contribution in [2.24, 2.45) is 5.41 Å². The maximum absolute atomic E-state index is 11.4. The standard InChI is InChI=1S/C15H22O7/c1-4-7-14(19)22-11-15(8-16,9-20-12(17)5-2)10-21-13(18)6-3/h5-6,16H,2-4,7-11H2,1H3. The Bertz CT molecular complexity index is 390. The van der Waals surface area contributed by atoms with Crippen molar-refractivity contribution < 1.29 is 33.7 Å². The predicted molar refractivity (Wildman–Crippen MR) is 77.7 cm³/mol. The van der Waals surface area contributed by atoms with Crippen LogP contribution in [-0.4, -0.2) is 49.4 Å². The van der Waals surface area contributed by atoms with E-state index in [1.54, 1.807) is 0 Å². The monoisotopic (exact) mass is 314 g/mol. The third-order valence-electron chi connectivity index (χ3n) is 2.70. The fourth-order valence-electron chi connectivity index (χ4n) is 1.34. The minimum absolute atomic E-state index is 0.223. The van der Waals surface area contributed by atoms with Gasteiger partial charge in [0.15, 0.2) is 0 Å². The van der Waals surface area contributed by atoms with Gasteiger partial charge in [-0.25, -0.2) is 9.59 Å². The van der Waals surface area contributed by atoms with E-state index >= 15 is 0 Å². The fraction of sp³-hybridized carbons (Fsp3) is 0.533. The van der Waals surface area contributed by atoms with Crippen LogP contribution in [0, 0.1) is 5.41 Å². The molecule has 0 radical (unpaired) electrons. The molecule has 0 aliphatic carbocycles. The molecule has 7 heteroatoms. The Morgan fingerprint density at radius 3 is 1.82 bits per heavy atom. The van der Waals surface area contributed by atoms with Gasteiger partial charge in [-0.3, -0.25) is 4.79 Å². The van der Waals surface area contributed by atoms with Crippen LogP contribution in [0.25, 0.3) is 0 Å². The van der Waals surface area contributed by atoms with E-state index in [2.05, 4.69) is 13.2 Å². The number of carbonyl (C=O) groups excluding carboxylic acids is 3. The molecule has 0 bridgehead atoms. The highest BCUT2D eigenvalue weighted by molar-refractivity contribution is 5.81. The van der Waals surface area contributed by atoms with Gasteiger partial charge in [-0.05, 0) is 6.42 Å². The number of carbonyl (C=O) groups is 3. The molecule has 0 heterocycles. The molecular formula is C15H22O7. The van der Waals surface area contributed by atoms with Crippen LogP contribution >= 0.6 is 0 Å². The molecule has 0 aromatic heterocycles. The number of hydrogen-bond acceptors (Lipinski definition) is 7. The Hall–Kier alpha value is -2.15. The average molecular weight is 314 g/mol. The number of ether oxygens (including phenoxy) is 3. The van der Waals surface area contributed by atoms with Crippen molar-refractivity contribution >= 4 is 17.9 Å².